The van der Waals surface area contributed by atoms with E-state index in [1.807, 2.05) is 36.4 Å². The zero-order valence-electron chi connectivity index (χ0n) is 14.1. The summed E-state index contributed by atoms with van der Waals surface area (Å²) in [4.78, 5) is 0. The first-order valence-electron chi connectivity index (χ1n) is 8.63. The molecule has 24 heavy (non-hydrogen) atoms. The van der Waals surface area contributed by atoms with Crippen molar-refractivity contribution in [3.05, 3.63) is 71.8 Å². The van der Waals surface area contributed by atoms with Gasteiger partial charge in [0, 0.05) is 11.1 Å². The standard InChI is InChI=1S/C21H22O3/c1-18-13-19(2)15-23-20(18,16-9-5-3-6-10-16)24-21(19,22-14-18)17-11-7-4-8-12-17/h3-12H,13-15H2,1-2H3/t18-,19-,20+,21+/m1/s1. The van der Waals surface area contributed by atoms with E-state index in [0.29, 0.717) is 13.2 Å². The summed E-state index contributed by atoms with van der Waals surface area (Å²) >= 11 is 0. The third-order valence-corrected chi connectivity index (χ3v) is 6.15. The maximum absolute atomic E-state index is 6.79. The van der Waals surface area contributed by atoms with Gasteiger partial charge in [-0.3, -0.25) is 0 Å². The lowest BCUT2D eigenvalue weighted by atomic mass is 9.56. The number of hydrogen-bond acceptors (Lipinski definition) is 3. The Hall–Kier alpha value is -1.68. The lowest BCUT2D eigenvalue weighted by Gasteiger charge is -2.72. The molecule has 5 aliphatic heterocycles. The molecular weight excluding hydrogens is 300 g/mol. The van der Waals surface area contributed by atoms with Gasteiger partial charge in [-0.15, -0.1) is 0 Å². The first kappa shape index (κ1) is 14.6. The summed E-state index contributed by atoms with van der Waals surface area (Å²) in [6, 6.07) is 20.7. The van der Waals surface area contributed by atoms with E-state index < -0.39 is 11.6 Å². The second-order valence-corrected chi connectivity index (χ2v) is 7.94. The van der Waals surface area contributed by atoms with Gasteiger partial charge >= 0.3 is 0 Å². The van der Waals surface area contributed by atoms with Crippen molar-refractivity contribution < 1.29 is 14.2 Å². The van der Waals surface area contributed by atoms with Gasteiger partial charge in [0.15, 0.2) is 0 Å². The van der Waals surface area contributed by atoms with Gasteiger partial charge in [-0.25, -0.2) is 0 Å². The average molecular weight is 322 g/mol. The minimum absolute atomic E-state index is 0.197. The van der Waals surface area contributed by atoms with Crippen molar-refractivity contribution in [1.82, 2.24) is 0 Å². The summed E-state index contributed by atoms with van der Waals surface area (Å²) in [5.41, 5.74) is 1.77. The topological polar surface area (TPSA) is 27.7 Å². The Morgan fingerprint density at radius 2 is 1.08 bits per heavy atom. The Morgan fingerprint density at radius 3 is 1.50 bits per heavy atom. The Morgan fingerprint density at radius 1 is 0.667 bits per heavy atom. The molecule has 4 bridgehead atoms. The maximum Gasteiger partial charge on any atom is 0.206 e. The second-order valence-electron chi connectivity index (χ2n) is 7.94. The molecule has 5 saturated heterocycles. The van der Waals surface area contributed by atoms with E-state index in [2.05, 4.69) is 38.1 Å². The van der Waals surface area contributed by atoms with Gasteiger partial charge in [0.25, 0.3) is 0 Å². The monoisotopic (exact) mass is 322 g/mol. The molecule has 5 heterocycles. The fraction of sp³-hybridized carbons (Fsp3) is 0.429. The molecule has 0 aliphatic carbocycles. The van der Waals surface area contributed by atoms with Crippen molar-refractivity contribution in [2.75, 3.05) is 13.2 Å². The number of ether oxygens (including phenoxy) is 3. The Bertz CT molecular complexity index is 711. The van der Waals surface area contributed by atoms with Crippen molar-refractivity contribution in [3.8, 4) is 0 Å². The highest BCUT2D eigenvalue weighted by Gasteiger charge is 2.76. The van der Waals surface area contributed by atoms with Crippen molar-refractivity contribution in [1.29, 1.82) is 0 Å². The van der Waals surface area contributed by atoms with Gasteiger partial charge < -0.3 is 14.2 Å². The Labute approximate surface area is 142 Å². The zero-order chi connectivity index (χ0) is 16.5. The van der Waals surface area contributed by atoms with Gasteiger partial charge in [-0.2, -0.15) is 0 Å². The third-order valence-electron chi connectivity index (χ3n) is 6.15. The van der Waals surface area contributed by atoms with Crippen LogP contribution in [0, 0.1) is 10.8 Å². The first-order chi connectivity index (χ1) is 11.5. The highest BCUT2D eigenvalue weighted by molar-refractivity contribution is 5.33. The highest BCUT2D eigenvalue weighted by Crippen LogP contribution is 2.71. The van der Waals surface area contributed by atoms with Crippen LogP contribution in [0.3, 0.4) is 0 Å². The average Bonchev–Trinajstić information content (AvgIpc) is 2.62. The van der Waals surface area contributed by atoms with E-state index in [9.17, 15) is 0 Å². The van der Waals surface area contributed by atoms with Crippen LogP contribution in [0.4, 0.5) is 0 Å². The second kappa shape index (κ2) is 4.48. The van der Waals surface area contributed by atoms with Crippen molar-refractivity contribution >= 4 is 0 Å². The smallest absolute Gasteiger partial charge is 0.206 e. The van der Waals surface area contributed by atoms with Gasteiger partial charge in [0.2, 0.25) is 11.6 Å². The molecule has 0 unspecified atom stereocenters. The summed E-state index contributed by atoms with van der Waals surface area (Å²) in [5, 5.41) is 0. The molecule has 3 heteroatoms. The normalized spacial score (nSPS) is 43.1. The van der Waals surface area contributed by atoms with E-state index in [4.69, 9.17) is 14.2 Å². The lowest BCUT2D eigenvalue weighted by Crippen LogP contribution is -2.76. The molecule has 3 nitrogen and oxygen atoms in total. The molecule has 0 saturated carbocycles. The first-order valence-corrected chi connectivity index (χ1v) is 8.63. The zero-order valence-corrected chi connectivity index (χ0v) is 14.1. The van der Waals surface area contributed by atoms with E-state index in [1.165, 1.54) is 0 Å². The van der Waals surface area contributed by atoms with Crippen LogP contribution >= 0.6 is 0 Å². The molecule has 5 aliphatic rings. The Kier molecular flexibility index (Phi) is 2.73. The predicted molar refractivity (Wildman–Crippen MR) is 90.1 cm³/mol. The van der Waals surface area contributed by atoms with Crippen molar-refractivity contribution in [3.63, 3.8) is 0 Å². The predicted octanol–water partition coefficient (Wildman–Crippen LogP) is 4.19. The van der Waals surface area contributed by atoms with Crippen molar-refractivity contribution in [2.45, 2.75) is 31.8 Å². The third kappa shape index (κ3) is 1.53. The van der Waals surface area contributed by atoms with E-state index >= 15 is 0 Å². The summed E-state index contributed by atoms with van der Waals surface area (Å²) < 4.78 is 19.7. The molecule has 0 aromatic heterocycles. The van der Waals surface area contributed by atoms with Crippen LogP contribution in [0.25, 0.3) is 0 Å². The van der Waals surface area contributed by atoms with Gasteiger partial charge in [-0.1, -0.05) is 74.5 Å². The molecule has 0 spiro atoms. The van der Waals surface area contributed by atoms with Gasteiger partial charge in [0.1, 0.15) is 0 Å². The molecule has 0 radical (unpaired) electrons. The van der Waals surface area contributed by atoms with Crippen LogP contribution in [-0.4, -0.2) is 13.2 Å². The molecule has 4 atom stereocenters. The molecule has 0 amide bonds. The van der Waals surface area contributed by atoms with E-state index in [1.54, 1.807) is 0 Å². The van der Waals surface area contributed by atoms with E-state index in [-0.39, 0.29) is 10.8 Å². The van der Waals surface area contributed by atoms with Gasteiger partial charge in [-0.05, 0) is 6.42 Å². The maximum atomic E-state index is 6.79. The molecular formula is C21H22O3. The van der Waals surface area contributed by atoms with Crippen LogP contribution in [0.15, 0.2) is 60.7 Å². The fourth-order valence-corrected chi connectivity index (χ4v) is 5.06. The molecule has 2 aromatic carbocycles. The summed E-state index contributed by atoms with van der Waals surface area (Å²) in [5.74, 6) is -1.50. The molecule has 124 valence electrons. The Balaban J connectivity index is 1.73. The summed E-state index contributed by atoms with van der Waals surface area (Å²) in [6.07, 6.45) is 1.02. The molecule has 5 fully saturated rings. The van der Waals surface area contributed by atoms with Crippen LogP contribution in [0.1, 0.15) is 31.4 Å². The van der Waals surface area contributed by atoms with Crippen LogP contribution < -0.4 is 0 Å². The highest BCUT2D eigenvalue weighted by atomic mass is 16.8. The summed E-state index contributed by atoms with van der Waals surface area (Å²) in [7, 11) is 0. The van der Waals surface area contributed by atoms with Crippen LogP contribution in [-0.2, 0) is 25.8 Å². The van der Waals surface area contributed by atoms with Gasteiger partial charge in [0.05, 0.1) is 24.0 Å². The van der Waals surface area contributed by atoms with E-state index in [0.717, 1.165) is 17.5 Å². The quantitative estimate of drug-likeness (QED) is 0.830. The molecule has 2 aromatic rings. The number of fused-ring (bicyclic) bond motifs is 2. The summed E-state index contributed by atoms with van der Waals surface area (Å²) in [6.45, 7) is 5.72. The lowest BCUT2D eigenvalue weighted by molar-refractivity contribution is -0.560. The number of hydrogen-bond donors (Lipinski definition) is 0. The fourth-order valence-electron chi connectivity index (χ4n) is 5.06. The van der Waals surface area contributed by atoms with Crippen LogP contribution in [0.2, 0.25) is 0 Å². The number of rotatable bonds is 2. The molecule has 0 N–H and O–H groups in total. The SMILES string of the molecule is C[C@@]12CO[C@@]3(c4ccccc4)O[C@]1(c1ccccc1)OC[C@@]3(C)C2. The largest absolute Gasteiger partial charge is 0.344 e. The van der Waals surface area contributed by atoms with Crippen molar-refractivity contribution in [2.24, 2.45) is 10.8 Å². The van der Waals surface area contributed by atoms with Crippen LogP contribution in [0.5, 0.6) is 0 Å². The minimum atomic E-state index is -0.750. The minimum Gasteiger partial charge on any atom is -0.344 e. The molecule has 7 rings (SSSR count). The number of benzene rings is 2.